The Labute approximate surface area is 125 Å². The molecule has 1 atom stereocenters. The minimum Gasteiger partial charge on any atom is -0.387 e. The van der Waals surface area contributed by atoms with Gasteiger partial charge in [-0.25, -0.2) is 0 Å². The monoisotopic (exact) mass is 370 g/mol. The predicted octanol–water partition coefficient (Wildman–Crippen LogP) is 4.12. The summed E-state index contributed by atoms with van der Waals surface area (Å²) in [7, 11) is 0. The van der Waals surface area contributed by atoms with Gasteiger partial charge in [0.25, 0.3) is 0 Å². The Morgan fingerprint density at radius 1 is 1.22 bits per heavy atom. The van der Waals surface area contributed by atoms with Gasteiger partial charge in [-0.15, -0.1) is 11.3 Å². The van der Waals surface area contributed by atoms with E-state index >= 15 is 0 Å². The molecular weight excluding hydrogens is 355 g/mol. The van der Waals surface area contributed by atoms with Crippen LogP contribution in [-0.4, -0.2) is 5.11 Å². The number of thiophene rings is 1. The van der Waals surface area contributed by atoms with Crippen molar-refractivity contribution in [3.63, 3.8) is 0 Å². The number of rotatable bonds is 3. The number of aryl methyl sites for hydroxylation is 2. The summed E-state index contributed by atoms with van der Waals surface area (Å²) in [5, 5.41) is 10.3. The van der Waals surface area contributed by atoms with Gasteiger partial charge in [0.2, 0.25) is 0 Å². The van der Waals surface area contributed by atoms with Crippen molar-refractivity contribution in [3.8, 4) is 0 Å². The fraction of sp³-hybridized carbons (Fsp3) is 0.333. The Kier molecular flexibility index (Phi) is 3.73. The molecule has 0 bridgehead atoms. The van der Waals surface area contributed by atoms with E-state index in [9.17, 15) is 5.11 Å². The van der Waals surface area contributed by atoms with Crippen LogP contribution in [0, 0.1) is 3.57 Å². The van der Waals surface area contributed by atoms with Gasteiger partial charge in [-0.3, -0.25) is 0 Å². The van der Waals surface area contributed by atoms with Crippen LogP contribution in [0.4, 0.5) is 0 Å². The average molecular weight is 370 g/mol. The normalized spacial score (nSPS) is 15.7. The van der Waals surface area contributed by atoms with Gasteiger partial charge >= 0.3 is 0 Å². The molecule has 1 heterocycles. The summed E-state index contributed by atoms with van der Waals surface area (Å²) in [6.45, 7) is 0. The van der Waals surface area contributed by atoms with Crippen LogP contribution in [0.3, 0.4) is 0 Å². The van der Waals surface area contributed by atoms with Crippen LogP contribution in [0.1, 0.15) is 33.4 Å². The van der Waals surface area contributed by atoms with Crippen molar-refractivity contribution >= 4 is 33.9 Å². The standard InChI is InChI=1S/C15H15IOS/c16-12-6-4-10(5-7-12)8-13(17)15-9-11-2-1-3-14(11)18-15/h4-7,9,13,17H,1-3,8H2. The van der Waals surface area contributed by atoms with E-state index in [1.165, 1.54) is 38.8 Å². The number of fused-ring (bicyclic) bond motifs is 1. The minimum atomic E-state index is -0.347. The average Bonchev–Trinajstić information content (AvgIpc) is 2.92. The molecule has 0 saturated carbocycles. The lowest BCUT2D eigenvalue weighted by Crippen LogP contribution is -1.99. The summed E-state index contributed by atoms with van der Waals surface area (Å²) < 4.78 is 1.24. The molecule has 1 N–H and O–H groups in total. The molecule has 1 unspecified atom stereocenters. The first-order valence-electron chi connectivity index (χ1n) is 6.26. The van der Waals surface area contributed by atoms with Crippen LogP contribution < -0.4 is 0 Å². The van der Waals surface area contributed by atoms with Crippen molar-refractivity contribution in [2.45, 2.75) is 31.8 Å². The van der Waals surface area contributed by atoms with E-state index in [4.69, 9.17) is 0 Å². The Bertz CT molecular complexity index is 523. The maximum absolute atomic E-state index is 10.3. The van der Waals surface area contributed by atoms with E-state index in [1.807, 2.05) is 0 Å². The van der Waals surface area contributed by atoms with Crippen LogP contribution in [0.5, 0.6) is 0 Å². The van der Waals surface area contributed by atoms with Gasteiger partial charge in [-0.1, -0.05) is 12.1 Å². The number of halogens is 1. The number of hydrogen-bond acceptors (Lipinski definition) is 2. The van der Waals surface area contributed by atoms with Gasteiger partial charge in [0.05, 0.1) is 6.10 Å². The molecule has 0 aliphatic heterocycles. The second-order valence-corrected chi connectivity index (χ2v) is 7.21. The molecule has 0 amide bonds. The summed E-state index contributed by atoms with van der Waals surface area (Å²) >= 11 is 4.10. The molecule has 94 valence electrons. The first kappa shape index (κ1) is 12.6. The van der Waals surface area contributed by atoms with E-state index in [1.54, 1.807) is 11.3 Å². The first-order valence-corrected chi connectivity index (χ1v) is 8.16. The number of aliphatic hydroxyl groups excluding tert-OH is 1. The van der Waals surface area contributed by atoms with Crippen LogP contribution in [0.15, 0.2) is 30.3 Å². The van der Waals surface area contributed by atoms with E-state index in [0.29, 0.717) is 0 Å². The summed E-state index contributed by atoms with van der Waals surface area (Å²) in [5.41, 5.74) is 2.67. The third-order valence-corrected chi connectivity index (χ3v) is 5.49. The van der Waals surface area contributed by atoms with E-state index in [-0.39, 0.29) is 6.10 Å². The molecule has 0 fully saturated rings. The molecule has 1 aliphatic carbocycles. The lowest BCUT2D eigenvalue weighted by Gasteiger charge is -2.08. The van der Waals surface area contributed by atoms with Crippen molar-refractivity contribution in [3.05, 3.63) is 54.8 Å². The summed E-state index contributed by atoms with van der Waals surface area (Å²) in [6.07, 6.45) is 4.06. The highest BCUT2D eigenvalue weighted by Crippen LogP contribution is 2.34. The highest BCUT2D eigenvalue weighted by molar-refractivity contribution is 14.1. The third kappa shape index (κ3) is 2.63. The molecule has 1 nitrogen and oxygen atoms in total. The van der Waals surface area contributed by atoms with Crippen molar-refractivity contribution in [1.82, 2.24) is 0 Å². The summed E-state index contributed by atoms with van der Waals surface area (Å²) in [4.78, 5) is 2.63. The molecule has 18 heavy (non-hydrogen) atoms. The van der Waals surface area contributed by atoms with Gasteiger partial charge in [0, 0.05) is 19.7 Å². The molecule has 1 aromatic carbocycles. The molecule has 1 aromatic heterocycles. The van der Waals surface area contributed by atoms with Crippen molar-refractivity contribution in [2.75, 3.05) is 0 Å². The first-order chi connectivity index (χ1) is 8.72. The van der Waals surface area contributed by atoms with Gasteiger partial charge in [-0.2, -0.15) is 0 Å². The van der Waals surface area contributed by atoms with E-state index < -0.39 is 0 Å². The fourth-order valence-corrected chi connectivity index (χ4v) is 4.06. The van der Waals surface area contributed by atoms with Crippen LogP contribution >= 0.6 is 33.9 Å². The van der Waals surface area contributed by atoms with Gasteiger partial charge in [-0.05, 0) is 71.2 Å². The Balaban J connectivity index is 1.74. The van der Waals surface area contributed by atoms with E-state index in [0.717, 1.165) is 11.3 Å². The smallest absolute Gasteiger partial charge is 0.0922 e. The summed E-state index contributed by atoms with van der Waals surface area (Å²) in [5.74, 6) is 0. The number of aliphatic hydroxyl groups is 1. The fourth-order valence-electron chi connectivity index (χ4n) is 2.46. The largest absolute Gasteiger partial charge is 0.387 e. The molecule has 1 aliphatic rings. The predicted molar refractivity (Wildman–Crippen MR) is 84.2 cm³/mol. The van der Waals surface area contributed by atoms with Crippen molar-refractivity contribution in [1.29, 1.82) is 0 Å². The zero-order valence-electron chi connectivity index (χ0n) is 10.0. The Morgan fingerprint density at radius 2 is 2.00 bits per heavy atom. The van der Waals surface area contributed by atoms with E-state index in [2.05, 4.69) is 52.9 Å². The molecule has 3 heteroatoms. The van der Waals surface area contributed by atoms with Gasteiger partial charge < -0.3 is 5.11 Å². The van der Waals surface area contributed by atoms with Crippen molar-refractivity contribution < 1.29 is 5.11 Å². The lowest BCUT2D eigenvalue weighted by atomic mass is 10.1. The number of benzene rings is 1. The highest BCUT2D eigenvalue weighted by Gasteiger charge is 2.18. The summed E-state index contributed by atoms with van der Waals surface area (Å²) in [6, 6.07) is 10.6. The topological polar surface area (TPSA) is 20.2 Å². The van der Waals surface area contributed by atoms with Crippen LogP contribution in [0.2, 0.25) is 0 Å². The SMILES string of the molecule is OC(Cc1ccc(I)cc1)c1cc2c(s1)CCC2. The molecular formula is C15H15IOS. The molecule has 0 radical (unpaired) electrons. The van der Waals surface area contributed by atoms with Gasteiger partial charge in [0.1, 0.15) is 0 Å². The molecule has 0 saturated heterocycles. The quantitative estimate of drug-likeness (QED) is 0.806. The molecule has 2 aromatic rings. The van der Waals surface area contributed by atoms with Crippen LogP contribution in [-0.2, 0) is 19.3 Å². The Morgan fingerprint density at radius 3 is 2.72 bits per heavy atom. The molecule has 3 rings (SSSR count). The maximum Gasteiger partial charge on any atom is 0.0922 e. The lowest BCUT2D eigenvalue weighted by molar-refractivity contribution is 0.182. The maximum atomic E-state index is 10.3. The van der Waals surface area contributed by atoms with Crippen molar-refractivity contribution in [2.24, 2.45) is 0 Å². The second-order valence-electron chi connectivity index (χ2n) is 4.80. The Hall–Kier alpha value is -0.390. The van der Waals surface area contributed by atoms with Gasteiger partial charge in [0.15, 0.2) is 0 Å². The zero-order valence-corrected chi connectivity index (χ0v) is 13.0. The number of hydrogen-bond donors (Lipinski definition) is 1. The zero-order chi connectivity index (χ0) is 12.5. The highest BCUT2D eigenvalue weighted by atomic mass is 127. The molecule has 0 spiro atoms. The second kappa shape index (κ2) is 5.31. The third-order valence-electron chi connectivity index (χ3n) is 3.44. The minimum absolute atomic E-state index is 0.347. The van der Waals surface area contributed by atoms with Crippen LogP contribution in [0.25, 0.3) is 0 Å².